The molecule has 2 aliphatic heterocycles. The largest absolute Gasteiger partial charge is 0.353 e. The summed E-state index contributed by atoms with van der Waals surface area (Å²) in [5.74, 6) is -0.115. The third-order valence-corrected chi connectivity index (χ3v) is 5.13. The van der Waals surface area contributed by atoms with Gasteiger partial charge in [-0.3, -0.25) is 19.3 Å². The number of carbonyl (C=O) groups excluding carboxylic acids is 3. The number of piperazine rings is 1. The van der Waals surface area contributed by atoms with E-state index >= 15 is 0 Å². The summed E-state index contributed by atoms with van der Waals surface area (Å²) in [6.45, 7) is 4.01. The summed E-state index contributed by atoms with van der Waals surface area (Å²) in [4.78, 5) is 47.4. The summed E-state index contributed by atoms with van der Waals surface area (Å²) < 4.78 is 0. The van der Waals surface area contributed by atoms with E-state index in [0.717, 1.165) is 10.7 Å². The molecule has 27 heavy (non-hydrogen) atoms. The fraction of sp³-hybridized carbons (Fsp3) is 0.300. The molecule has 7 heteroatoms. The molecule has 1 unspecified atom stereocenters. The van der Waals surface area contributed by atoms with E-state index in [2.05, 4.69) is 9.88 Å². The van der Waals surface area contributed by atoms with Gasteiger partial charge in [-0.15, -0.1) is 0 Å². The average Bonchev–Trinajstić information content (AvgIpc) is 2.98. The molecule has 0 N–H and O–H groups in total. The fourth-order valence-corrected chi connectivity index (χ4v) is 3.63. The van der Waals surface area contributed by atoms with Crippen molar-refractivity contribution in [2.75, 3.05) is 31.1 Å². The molecule has 2 aromatic rings. The molecule has 0 saturated carbocycles. The van der Waals surface area contributed by atoms with E-state index in [1.54, 1.807) is 42.3 Å². The second kappa shape index (κ2) is 6.83. The van der Waals surface area contributed by atoms with Crippen molar-refractivity contribution >= 4 is 23.5 Å². The Kier molecular flexibility index (Phi) is 4.35. The summed E-state index contributed by atoms with van der Waals surface area (Å²) in [5, 5.41) is 0. The fourth-order valence-electron chi connectivity index (χ4n) is 3.63. The zero-order chi connectivity index (χ0) is 19.0. The van der Waals surface area contributed by atoms with Crippen molar-refractivity contribution in [2.45, 2.75) is 13.0 Å². The van der Waals surface area contributed by atoms with Crippen LogP contribution in [0.4, 0.5) is 5.82 Å². The number of fused-ring (bicyclic) bond motifs is 1. The highest BCUT2D eigenvalue weighted by Gasteiger charge is 2.42. The van der Waals surface area contributed by atoms with Crippen molar-refractivity contribution in [3.8, 4) is 0 Å². The van der Waals surface area contributed by atoms with Gasteiger partial charge in [0, 0.05) is 32.4 Å². The van der Waals surface area contributed by atoms with E-state index in [4.69, 9.17) is 0 Å². The van der Waals surface area contributed by atoms with E-state index in [9.17, 15) is 14.4 Å². The van der Waals surface area contributed by atoms with Crippen molar-refractivity contribution in [1.82, 2.24) is 14.8 Å². The molecule has 3 amide bonds. The first-order valence-electron chi connectivity index (χ1n) is 8.99. The summed E-state index contributed by atoms with van der Waals surface area (Å²) >= 11 is 0. The first kappa shape index (κ1) is 17.2. The zero-order valence-corrected chi connectivity index (χ0v) is 15.0. The molecule has 1 fully saturated rings. The normalized spacial score (nSPS) is 17.9. The molecule has 0 bridgehead atoms. The number of hydrogen-bond acceptors (Lipinski definition) is 5. The maximum absolute atomic E-state index is 12.9. The number of aromatic nitrogens is 1. The second-order valence-corrected chi connectivity index (χ2v) is 6.70. The minimum absolute atomic E-state index is 0.204. The maximum Gasteiger partial charge on any atom is 0.262 e. The van der Waals surface area contributed by atoms with Crippen LogP contribution in [0.3, 0.4) is 0 Å². The Morgan fingerprint density at radius 2 is 1.52 bits per heavy atom. The number of anilines is 1. The Morgan fingerprint density at radius 3 is 2.07 bits per heavy atom. The van der Waals surface area contributed by atoms with Gasteiger partial charge in [0.1, 0.15) is 11.9 Å². The summed E-state index contributed by atoms with van der Waals surface area (Å²) in [6.07, 6.45) is 1.75. The summed E-state index contributed by atoms with van der Waals surface area (Å²) in [5.41, 5.74) is 0.726. The van der Waals surface area contributed by atoms with Gasteiger partial charge < -0.3 is 9.80 Å². The topological polar surface area (TPSA) is 73.8 Å². The van der Waals surface area contributed by atoms with Crippen LogP contribution in [0.5, 0.6) is 0 Å². The quantitative estimate of drug-likeness (QED) is 0.770. The Bertz CT molecular complexity index is 856. The SMILES string of the molecule is CC(C(=O)N1CCN(c2ccccn2)CC1)N1C(=O)c2ccccc2C1=O. The molecule has 0 aliphatic carbocycles. The van der Waals surface area contributed by atoms with Gasteiger partial charge in [-0.25, -0.2) is 4.98 Å². The van der Waals surface area contributed by atoms with Gasteiger partial charge in [0.05, 0.1) is 11.1 Å². The molecular weight excluding hydrogens is 344 g/mol. The highest BCUT2D eigenvalue weighted by Crippen LogP contribution is 2.25. The smallest absolute Gasteiger partial charge is 0.262 e. The number of nitrogens with zero attached hydrogens (tertiary/aromatic N) is 4. The predicted molar refractivity (Wildman–Crippen MR) is 99.4 cm³/mol. The predicted octanol–water partition coefficient (Wildman–Crippen LogP) is 1.41. The first-order valence-corrected chi connectivity index (χ1v) is 8.99. The van der Waals surface area contributed by atoms with Crippen LogP contribution in [-0.4, -0.2) is 64.7 Å². The molecule has 3 heterocycles. The lowest BCUT2D eigenvalue weighted by atomic mass is 10.1. The lowest BCUT2D eigenvalue weighted by Gasteiger charge is -2.37. The molecule has 2 aliphatic rings. The van der Waals surface area contributed by atoms with Crippen LogP contribution >= 0.6 is 0 Å². The Labute approximate surface area is 157 Å². The Morgan fingerprint density at radius 1 is 0.926 bits per heavy atom. The van der Waals surface area contributed by atoms with Gasteiger partial charge >= 0.3 is 0 Å². The van der Waals surface area contributed by atoms with E-state index in [1.165, 1.54) is 0 Å². The van der Waals surface area contributed by atoms with Crippen molar-refractivity contribution in [1.29, 1.82) is 0 Å². The Balaban J connectivity index is 1.44. The summed E-state index contributed by atoms with van der Waals surface area (Å²) in [7, 11) is 0. The zero-order valence-electron chi connectivity index (χ0n) is 15.0. The van der Waals surface area contributed by atoms with Crippen LogP contribution < -0.4 is 4.90 Å². The molecule has 0 spiro atoms. The van der Waals surface area contributed by atoms with Crippen LogP contribution in [0.25, 0.3) is 0 Å². The molecule has 138 valence electrons. The number of pyridine rings is 1. The van der Waals surface area contributed by atoms with Crippen molar-refractivity contribution in [2.24, 2.45) is 0 Å². The van der Waals surface area contributed by atoms with E-state index < -0.39 is 17.9 Å². The molecule has 7 nitrogen and oxygen atoms in total. The van der Waals surface area contributed by atoms with E-state index in [-0.39, 0.29) is 5.91 Å². The van der Waals surface area contributed by atoms with E-state index in [1.807, 2.05) is 18.2 Å². The monoisotopic (exact) mass is 364 g/mol. The summed E-state index contributed by atoms with van der Waals surface area (Å²) in [6, 6.07) is 11.6. The lowest BCUT2D eigenvalue weighted by molar-refractivity contribution is -0.135. The minimum atomic E-state index is -0.821. The van der Waals surface area contributed by atoms with Crippen LogP contribution in [0, 0.1) is 0 Å². The van der Waals surface area contributed by atoms with Crippen molar-refractivity contribution in [3.63, 3.8) is 0 Å². The number of carbonyl (C=O) groups is 3. The molecule has 1 aromatic carbocycles. The molecule has 1 aromatic heterocycles. The van der Waals surface area contributed by atoms with Gasteiger partial charge in [0.2, 0.25) is 5.91 Å². The lowest BCUT2D eigenvalue weighted by Crippen LogP contribution is -2.55. The van der Waals surface area contributed by atoms with Crippen LogP contribution in [0.15, 0.2) is 48.7 Å². The average molecular weight is 364 g/mol. The number of rotatable bonds is 3. The highest BCUT2D eigenvalue weighted by molar-refractivity contribution is 6.22. The van der Waals surface area contributed by atoms with Gasteiger partial charge in [0.15, 0.2) is 0 Å². The van der Waals surface area contributed by atoms with Gasteiger partial charge in [-0.2, -0.15) is 0 Å². The molecule has 1 atom stereocenters. The first-order chi connectivity index (χ1) is 13.1. The number of amides is 3. The van der Waals surface area contributed by atoms with Crippen LogP contribution in [0.1, 0.15) is 27.6 Å². The minimum Gasteiger partial charge on any atom is -0.353 e. The van der Waals surface area contributed by atoms with E-state index in [0.29, 0.717) is 37.3 Å². The second-order valence-electron chi connectivity index (χ2n) is 6.70. The Hall–Kier alpha value is -3.22. The molecule has 4 rings (SSSR count). The van der Waals surface area contributed by atoms with Gasteiger partial charge in [-0.1, -0.05) is 18.2 Å². The molecule has 1 saturated heterocycles. The number of hydrogen-bond donors (Lipinski definition) is 0. The number of imide groups is 1. The van der Waals surface area contributed by atoms with Gasteiger partial charge in [0.25, 0.3) is 11.8 Å². The molecular formula is C20H20N4O3. The maximum atomic E-state index is 12.9. The third-order valence-electron chi connectivity index (χ3n) is 5.13. The molecule has 0 radical (unpaired) electrons. The van der Waals surface area contributed by atoms with Gasteiger partial charge in [-0.05, 0) is 31.2 Å². The standard InChI is InChI=1S/C20H20N4O3/c1-14(24-19(26)15-6-2-3-7-16(15)20(24)27)18(25)23-12-10-22(11-13-23)17-8-4-5-9-21-17/h2-9,14H,10-13H2,1H3. The van der Waals surface area contributed by atoms with Crippen LogP contribution in [-0.2, 0) is 4.79 Å². The highest BCUT2D eigenvalue weighted by atomic mass is 16.2. The number of benzene rings is 1. The van der Waals surface area contributed by atoms with Crippen molar-refractivity contribution in [3.05, 3.63) is 59.8 Å². The van der Waals surface area contributed by atoms with Crippen LogP contribution in [0.2, 0.25) is 0 Å². The van der Waals surface area contributed by atoms with Crippen molar-refractivity contribution < 1.29 is 14.4 Å². The third kappa shape index (κ3) is 2.95.